The lowest BCUT2D eigenvalue weighted by Crippen LogP contribution is -2.65. The zero-order valence-corrected chi connectivity index (χ0v) is 20.2. The van der Waals surface area contributed by atoms with E-state index in [9.17, 15) is 34.8 Å². The number of unbranched alkanes of at least 4 members (excludes halogenated alkanes) is 2. The van der Waals surface area contributed by atoms with Gasteiger partial charge in [0.15, 0.2) is 11.4 Å². The highest BCUT2D eigenvalue weighted by atomic mass is 16.3. The Labute approximate surface area is 203 Å². The summed E-state index contributed by atoms with van der Waals surface area (Å²) >= 11 is 0. The minimum absolute atomic E-state index is 0.0931. The number of carbonyl (C=O) groups is 3. The molecule has 0 aliphatic heterocycles. The monoisotopic (exact) mass is 484 g/mol. The molecule has 0 spiro atoms. The second kappa shape index (κ2) is 8.80. The molecule has 0 heterocycles. The number of fused-ring (bicyclic) bond motifs is 3. The van der Waals surface area contributed by atoms with Crippen LogP contribution in [0.3, 0.4) is 0 Å². The lowest BCUT2D eigenvalue weighted by atomic mass is 9.57. The van der Waals surface area contributed by atoms with Crippen LogP contribution in [0.15, 0.2) is 29.0 Å². The number of aryl methyl sites for hydroxylation is 1. The molecule has 1 fully saturated rings. The molecule has 0 unspecified atom stereocenters. The van der Waals surface area contributed by atoms with Crippen LogP contribution in [0.2, 0.25) is 0 Å². The average molecular weight is 485 g/mol. The first-order valence-electron chi connectivity index (χ1n) is 11.9. The number of hydrogen-bond acceptors (Lipinski definition) is 8. The number of hydrogen-bond donors (Lipinski definition) is 5. The molecule has 0 aromatic heterocycles. The highest BCUT2D eigenvalue weighted by molar-refractivity contribution is 6.24. The summed E-state index contributed by atoms with van der Waals surface area (Å²) in [6, 6.07) is 2.22. The number of aliphatic hydroxyl groups excluding tert-OH is 2. The molecule has 0 radical (unpaired) electrons. The van der Waals surface area contributed by atoms with Crippen molar-refractivity contribution in [2.45, 2.75) is 57.1 Å². The number of nitrogens with two attached hydrogens (primary N) is 1. The van der Waals surface area contributed by atoms with Gasteiger partial charge in [-0.3, -0.25) is 19.3 Å². The van der Waals surface area contributed by atoms with Gasteiger partial charge in [0.05, 0.1) is 11.6 Å². The topological polar surface area (TPSA) is 161 Å². The zero-order valence-electron chi connectivity index (χ0n) is 20.2. The maximum absolute atomic E-state index is 13.8. The summed E-state index contributed by atoms with van der Waals surface area (Å²) in [4.78, 5) is 40.4. The maximum Gasteiger partial charge on any atom is 0.255 e. The molecule has 6 N–H and O–H groups in total. The van der Waals surface area contributed by atoms with Gasteiger partial charge in [0.1, 0.15) is 22.8 Å². The van der Waals surface area contributed by atoms with Crippen molar-refractivity contribution in [3.63, 3.8) is 0 Å². The number of carbonyl (C=O) groups excluding carboxylic acids is 3. The van der Waals surface area contributed by atoms with Crippen LogP contribution in [0.1, 0.15) is 49.3 Å². The normalized spacial score (nSPS) is 28.2. The Morgan fingerprint density at radius 1 is 1.17 bits per heavy atom. The molecule has 9 heteroatoms. The predicted octanol–water partition coefficient (Wildman–Crippen LogP) is 1.70. The van der Waals surface area contributed by atoms with Crippen LogP contribution >= 0.6 is 0 Å². The lowest BCUT2D eigenvalue weighted by molar-refractivity contribution is -0.153. The van der Waals surface area contributed by atoms with E-state index in [4.69, 9.17) is 5.73 Å². The third-order valence-electron chi connectivity index (χ3n) is 7.75. The van der Waals surface area contributed by atoms with Crippen molar-refractivity contribution in [3.05, 3.63) is 45.7 Å². The van der Waals surface area contributed by atoms with Gasteiger partial charge in [0.25, 0.3) is 5.91 Å². The van der Waals surface area contributed by atoms with Crippen molar-refractivity contribution in [2.75, 3.05) is 14.1 Å². The molecular weight excluding hydrogens is 452 g/mol. The fourth-order valence-corrected chi connectivity index (χ4v) is 6.11. The summed E-state index contributed by atoms with van der Waals surface area (Å²) in [6.07, 6.45) is 4.16. The van der Waals surface area contributed by atoms with Crippen LogP contribution in [0.4, 0.5) is 0 Å². The van der Waals surface area contributed by atoms with Crippen LogP contribution in [0.5, 0.6) is 5.75 Å². The van der Waals surface area contributed by atoms with Gasteiger partial charge in [-0.25, -0.2) is 0 Å². The van der Waals surface area contributed by atoms with E-state index in [-0.39, 0.29) is 23.3 Å². The van der Waals surface area contributed by atoms with E-state index in [0.717, 1.165) is 36.8 Å². The molecule has 1 aromatic rings. The highest BCUT2D eigenvalue weighted by Crippen LogP contribution is 2.53. The Hall–Kier alpha value is -3.17. The number of nitrogens with zero attached hydrogens (tertiary/aromatic N) is 1. The number of rotatable bonds is 6. The standard InChI is InChI=1S/C26H32N2O7/c1-4-5-6-7-12-8-9-16(29)18-14(12)10-13-11-15-20(28(2)3)22(31)19(25(27)34)24(33)26(15,35)23(32)17(13)21(18)30/h8-9,13,15,20,29-30,33,35H,4-7,10-11H2,1-3H3,(H2,27,34)/t13-,15-,20+,26-/m0/s1. The van der Waals surface area contributed by atoms with E-state index in [1.165, 1.54) is 11.0 Å². The van der Waals surface area contributed by atoms with Crippen molar-refractivity contribution in [1.29, 1.82) is 0 Å². The van der Waals surface area contributed by atoms with E-state index in [1.807, 2.05) is 6.07 Å². The number of ketones is 2. The SMILES string of the molecule is CCCCCc1ccc(O)c2c1C[C@H]1C[C@H]3[C@@H](N(C)C)C(=O)C(C(N)=O)=C(O)[C@@]3(O)C(=O)C1=C2O. The number of aliphatic hydroxyl groups is 3. The Morgan fingerprint density at radius 2 is 1.86 bits per heavy atom. The van der Waals surface area contributed by atoms with Crippen LogP contribution in [-0.2, 0) is 27.2 Å². The smallest absolute Gasteiger partial charge is 0.255 e. The number of aromatic hydroxyl groups is 1. The van der Waals surface area contributed by atoms with Crippen molar-refractivity contribution in [2.24, 2.45) is 17.6 Å². The first-order chi connectivity index (χ1) is 16.5. The van der Waals surface area contributed by atoms with Gasteiger partial charge in [-0.1, -0.05) is 25.8 Å². The largest absolute Gasteiger partial charge is 0.508 e. The summed E-state index contributed by atoms with van der Waals surface area (Å²) in [5.41, 5.74) is 3.64. The Kier molecular flexibility index (Phi) is 6.27. The van der Waals surface area contributed by atoms with Crippen molar-refractivity contribution in [3.8, 4) is 5.75 Å². The quantitative estimate of drug-likeness (QED) is 0.301. The van der Waals surface area contributed by atoms with E-state index in [1.54, 1.807) is 14.1 Å². The van der Waals surface area contributed by atoms with Crippen LogP contribution in [0, 0.1) is 11.8 Å². The average Bonchev–Trinajstić information content (AvgIpc) is 2.77. The molecule has 4 atom stereocenters. The van der Waals surface area contributed by atoms with Crippen molar-refractivity contribution >= 4 is 23.2 Å². The number of primary amides is 1. The third kappa shape index (κ3) is 3.56. The molecule has 0 bridgehead atoms. The third-order valence-corrected chi connectivity index (χ3v) is 7.75. The number of phenolic OH excluding ortho intramolecular Hbond substituents is 1. The van der Waals surface area contributed by atoms with Gasteiger partial charge in [0.2, 0.25) is 5.78 Å². The molecule has 3 aliphatic rings. The number of likely N-dealkylation sites (N-methyl/N-ethyl adjacent to an activating group) is 1. The van der Waals surface area contributed by atoms with E-state index >= 15 is 0 Å². The zero-order chi connectivity index (χ0) is 25.8. The number of Topliss-reactive ketones (excluding diaryl/α,β-unsaturated/α-hetero) is 2. The molecule has 1 amide bonds. The molecule has 188 valence electrons. The first kappa shape index (κ1) is 24.9. The van der Waals surface area contributed by atoms with Crippen LogP contribution in [-0.4, -0.2) is 68.5 Å². The van der Waals surface area contributed by atoms with Gasteiger partial charge in [0, 0.05) is 11.5 Å². The number of phenols is 1. The van der Waals surface area contributed by atoms with E-state index in [0.29, 0.717) is 6.42 Å². The minimum Gasteiger partial charge on any atom is -0.508 e. The molecule has 1 aromatic carbocycles. The summed E-state index contributed by atoms with van der Waals surface area (Å²) in [7, 11) is 3.16. The summed E-state index contributed by atoms with van der Waals surface area (Å²) in [5.74, 6) is -6.33. The summed E-state index contributed by atoms with van der Waals surface area (Å²) in [5, 5.41) is 44.2. The number of amides is 1. The highest BCUT2D eigenvalue weighted by Gasteiger charge is 2.64. The van der Waals surface area contributed by atoms with Crippen LogP contribution in [0.25, 0.3) is 5.76 Å². The Balaban J connectivity index is 1.91. The van der Waals surface area contributed by atoms with Gasteiger partial charge in [-0.2, -0.15) is 0 Å². The second-order valence-electron chi connectivity index (χ2n) is 10.0. The van der Waals surface area contributed by atoms with Gasteiger partial charge < -0.3 is 26.2 Å². The molecule has 35 heavy (non-hydrogen) atoms. The minimum atomic E-state index is -2.61. The van der Waals surface area contributed by atoms with Crippen LogP contribution < -0.4 is 5.73 Å². The maximum atomic E-state index is 13.8. The predicted molar refractivity (Wildman–Crippen MR) is 127 cm³/mol. The Morgan fingerprint density at radius 3 is 2.46 bits per heavy atom. The fourth-order valence-electron chi connectivity index (χ4n) is 6.11. The first-order valence-corrected chi connectivity index (χ1v) is 11.9. The van der Waals surface area contributed by atoms with Gasteiger partial charge >= 0.3 is 0 Å². The second-order valence-corrected chi connectivity index (χ2v) is 10.0. The number of benzene rings is 1. The molecular formula is C26H32N2O7. The lowest BCUT2D eigenvalue weighted by Gasteiger charge is -2.50. The summed E-state index contributed by atoms with van der Waals surface area (Å²) < 4.78 is 0. The molecule has 9 nitrogen and oxygen atoms in total. The van der Waals surface area contributed by atoms with Gasteiger partial charge in [-0.15, -0.1) is 0 Å². The molecule has 0 saturated heterocycles. The van der Waals surface area contributed by atoms with E-state index in [2.05, 4.69) is 6.92 Å². The molecule has 4 rings (SSSR count). The van der Waals surface area contributed by atoms with Crippen molar-refractivity contribution in [1.82, 2.24) is 4.90 Å². The van der Waals surface area contributed by atoms with Gasteiger partial charge in [-0.05, 0) is 62.9 Å². The summed E-state index contributed by atoms with van der Waals surface area (Å²) in [6.45, 7) is 2.10. The fraction of sp³-hybridized carbons (Fsp3) is 0.500. The Bertz CT molecular complexity index is 1180. The van der Waals surface area contributed by atoms with E-state index < -0.39 is 58.0 Å². The molecule has 1 saturated carbocycles. The molecule has 3 aliphatic carbocycles. The van der Waals surface area contributed by atoms with Crippen molar-refractivity contribution < 1.29 is 34.8 Å².